The SMILES string of the molecule is CC(C)N(C)CCCCNCC1CCOCO1. The van der Waals surface area contributed by atoms with E-state index in [0.29, 0.717) is 18.9 Å². The van der Waals surface area contributed by atoms with Crippen molar-refractivity contribution in [3.05, 3.63) is 0 Å². The molecule has 4 heteroatoms. The summed E-state index contributed by atoms with van der Waals surface area (Å²) >= 11 is 0. The number of nitrogens with one attached hydrogen (secondary N) is 1. The number of unbranched alkanes of at least 4 members (excludes halogenated alkanes) is 1. The Hall–Kier alpha value is -0.160. The molecule has 0 bridgehead atoms. The molecule has 1 rings (SSSR count). The van der Waals surface area contributed by atoms with Crippen molar-refractivity contribution in [3.63, 3.8) is 0 Å². The fourth-order valence-corrected chi connectivity index (χ4v) is 1.79. The topological polar surface area (TPSA) is 33.7 Å². The maximum Gasteiger partial charge on any atom is 0.147 e. The quantitative estimate of drug-likeness (QED) is 0.655. The van der Waals surface area contributed by atoms with E-state index in [9.17, 15) is 0 Å². The maximum absolute atomic E-state index is 5.46. The molecular formula is C13H28N2O2. The Labute approximate surface area is 106 Å². The van der Waals surface area contributed by atoms with E-state index in [0.717, 1.165) is 26.1 Å². The summed E-state index contributed by atoms with van der Waals surface area (Å²) in [6.07, 6.45) is 3.86. The predicted molar refractivity (Wildman–Crippen MR) is 70.2 cm³/mol. The van der Waals surface area contributed by atoms with E-state index < -0.39 is 0 Å². The molecule has 1 fully saturated rings. The van der Waals surface area contributed by atoms with Crippen LogP contribution in [-0.2, 0) is 9.47 Å². The molecule has 4 nitrogen and oxygen atoms in total. The van der Waals surface area contributed by atoms with E-state index in [-0.39, 0.29) is 0 Å². The van der Waals surface area contributed by atoms with Gasteiger partial charge in [-0.25, -0.2) is 0 Å². The predicted octanol–water partition coefficient (Wildman–Crippen LogP) is 1.46. The zero-order valence-corrected chi connectivity index (χ0v) is 11.6. The van der Waals surface area contributed by atoms with Crippen molar-refractivity contribution >= 4 is 0 Å². The van der Waals surface area contributed by atoms with Gasteiger partial charge in [0.15, 0.2) is 0 Å². The molecule has 1 unspecified atom stereocenters. The fourth-order valence-electron chi connectivity index (χ4n) is 1.79. The summed E-state index contributed by atoms with van der Waals surface area (Å²) in [5, 5.41) is 3.46. The van der Waals surface area contributed by atoms with Gasteiger partial charge in [-0.2, -0.15) is 0 Å². The second-order valence-electron chi connectivity index (χ2n) is 5.09. The molecule has 1 aliphatic heterocycles. The van der Waals surface area contributed by atoms with Crippen LogP contribution in [0.5, 0.6) is 0 Å². The van der Waals surface area contributed by atoms with Crippen LogP contribution in [0.4, 0.5) is 0 Å². The Balaban J connectivity index is 1.87. The van der Waals surface area contributed by atoms with E-state index in [2.05, 4.69) is 31.1 Å². The number of nitrogens with zero attached hydrogens (tertiary/aromatic N) is 1. The van der Waals surface area contributed by atoms with E-state index in [1.807, 2.05) is 0 Å². The molecule has 0 aromatic rings. The number of hydrogen-bond donors (Lipinski definition) is 1. The van der Waals surface area contributed by atoms with Gasteiger partial charge < -0.3 is 19.7 Å². The lowest BCUT2D eigenvalue weighted by Gasteiger charge is -2.23. The van der Waals surface area contributed by atoms with Crippen LogP contribution in [-0.4, -0.2) is 57.1 Å². The first-order valence-corrected chi connectivity index (χ1v) is 6.80. The summed E-state index contributed by atoms with van der Waals surface area (Å²) in [6, 6.07) is 0.651. The Morgan fingerprint density at radius 3 is 2.82 bits per heavy atom. The lowest BCUT2D eigenvalue weighted by Crippen LogP contribution is -2.34. The molecule has 1 saturated heterocycles. The van der Waals surface area contributed by atoms with Crippen LogP contribution in [0.1, 0.15) is 33.1 Å². The van der Waals surface area contributed by atoms with Crippen molar-refractivity contribution in [1.82, 2.24) is 10.2 Å². The molecule has 0 aromatic carbocycles. The molecule has 1 aliphatic rings. The molecule has 0 saturated carbocycles. The molecule has 0 aliphatic carbocycles. The number of ether oxygens (including phenoxy) is 2. The van der Waals surface area contributed by atoms with E-state index in [1.165, 1.54) is 19.4 Å². The molecular weight excluding hydrogens is 216 g/mol. The average molecular weight is 244 g/mol. The molecule has 17 heavy (non-hydrogen) atoms. The Morgan fingerprint density at radius 1 is 1.35 bits per heavy atom. The summed E-state index contributed by atoms with van der Waals surface area (Å²) in [5.41, 5.74) is 0. The van der Waals surface area contributed by atoms with Crippen molar-refractivity contribution in [2.24, 2.45) is 0 Å². The van der Waals surface area contributed by atoms with Crippen molar-refractivity contribution < 1.29 is 9.47 Å². The van der Waals surface area contributed by atoms with Gasteiger partial charge in [-0.3, -0.25) is 0 Å². The summed E-state index contributed by atoms with van der Waals surface area (Å²) in [5.74, 6) is 0. The van der Waals surface area contributed by atoms with Gasteiger partial charge in [0.05, 0.1) is 12.7 Å². The third-order valence-corrected chi connectivity index (χ3v) is 3.34. The smallest absolute Gasteiger partial charge is 0.147 e. The maximum atomic E-state index is 5.46. The minimum absolute atomic E-state index is 0.349. The summed E-state index contributed by atoms with van der Waals surface area (Å²) in [7, 11) is 2.19. The largest absolute Gasteiger partial charge is 0.355 e. The zero-order valence-electron chi connectivity index (χ0n) is 11.6. The normalized spacial score (nSPS) is 21.4. The van der Waals surface area contributed by atoms with Gasteiger partial charge in [-0.1, -0.05) is 0 Å². The van der Waals surface area contributed by atoms with E-state index in [4.69, 9.17) is 9.47 Å². The Bertz CT molecular complexity index is 182. The highest BCUT2D eigenvalue weighted by Gasteiger charge is 2.12. The van der Waals surface area contributed by atoms with Gasteiger partial charge in [0, 0.05) is 12.6 Å². The second-order valence-corrected chi connectivity index (χ2v) is 5.09. The van der Waals surface area contributed by atoms with Gasteiger partial charge in [0.25, 0.3) is 0 Å². The zero-order chi connectivity index (χ0) is 12.5. The third-order valence-electron chi connectivity index (χ3n) is 3.34. The average Bonchev–Trinajstić information content (AvgIpc) is 2.34. The lowest BCUT2D eigenvalue weighted by molar-refractivity contribution is -0.137. The van der Waals surface area contributed by atoms with Gasteiger partial charge in [-0.15, -0.1) is 0 Å². The van der Waals surface area contributed by atoms with Gasteiger partial charge in [0.1, 0.15) is 6.79 Å². The lowest BCUT2D eigenvalue weighted by atomic mass is 10.2. The van der Waals surface area contributed by atoms with Crippen molar-refractivity contribution in [2.45, 2.75) is 45.3 Å². The standard InChI is InChI=1S/C13H28N2O2/c1-12(2)15(3)8-5-4-7-14-10-13-6-9-16-11-17-13/h12-14H,4-11H2,1-3H3. The molecule has 0 amide bonds. The van der Waals surface area contributed by atoms with Crippen LogP contribution in [0.15, 0.2) is 0 Å². The molecule has 1 atom stereocenters. The van der Waals surface area contributed by atoms with Crippen LogP contribution < -0.4 is 5.32 Å². The van der Waals surface area contributed by atoms with Crippen LogP contribution in [0.2, 0.25) is 0 Å². The molecule has 0 aromatic heterocycles. The molecule has 0 radical (unpaired) electrons. The molecule has 102 valence electrons. The minimum atomic E-state index is 0.349. The summed E-state index contributed by atoms with van der Waals surface area (Å²) in [4.78, 5) is 2.39. The van der Waals surface area contributed by atoms with Crippen LogP contribution in [0, 0.1) is 0 Å². The third kappa shape index (κ3) is 6.99. The van der Waals surface area contributed by atoms with Crippen molar-refractivity contribution in [2.75, 3.05) is 40.1 Å². The second kappa shape index (κ2) is 8.86. The first-order valence-electron chi connectivity index (χ1n) is 6.80. The minimum Gasteiger partial charge on any atom is -0.355 e. The van der Waals surface area contributed by atoms with Gasteiger partial charge in [-0.05, 0) is 53.2 Å². The van der Waals surface area contributed by atoms with Crippen LogP contribution in [0.3, 0.4) is 0 Å². The first kappa shape index (κ1) is 14.9. The van der Waals surface area contributed by atoms with Crippen molar-refractivity contribution in [1.29, 1.82) is 0 Å². The Kier molecular flexibility index (Phi) is 7.77. The van der Waals surface area contributed by atoms with Crippen LogP contribution in [0.25, 0.3) is 0 Å². The Morgan fingerprint density at radius 2 is 2.18 bits per heavy atom. The van der Waals surface area contributed by atoms with E-state index >= 15 is 0 Å². The monoisotopic (exact) mass is 244 g/mol. The highest BCUT2D eigenvalue weighted by molar-refractivity contribution is 4.64. The highest BCUT2D eigenvalue weighted by atomic mass is 16.7. The first-order chi connectivity index (χ1) is 8.20. The van der Waals surface area contributed by atoms with Crippen molar-refractivity contribution in [3.8, 4) is 0 Å². The summed E-state index contributed by atoms with van der Waals surface area (Å²) < 4.78 is 10.6. The number of rotatable bonds is 8. The molecule has 1 N–H and O–H groups in total. The molecule has 0 spiro atoms. The number of hydrogen-bond acceptors (Lipinski definition) is 4. The summed E-state index contributed by atoms with van der Waals surface area (Å²) in [6.45, 7) is 9.02. The highest BCUT2D eigenvalue weighted by Crippen LogP contribution is 2.04. The molecule has 1 heterocycles. The van der Waals surface area contributed by atoms with E-state index in [1.54, 1.807) is 0 Å². The van der Waals surface area contributed by atoms with Gasteiger partial charge >= 0.3 is 0 Å². The van der Waals surface area contributed by atoms with Gasteiger partial charge in [0.2, 0.25) is 0 Å². The van der Waals surface area contributed by atoms with Crippen LogP contribution >= 0.6 is 0 Å². The fraction of sp³-hybridized carbons (Fsp3) is 1.00.